The maximum atomic E-state index is 12.7. The summed E-state index contributed by atoms with van der Waals surface area (Å²) in [7, 11) is 0. The van der Waals surface area contributed by atoms with Crippen molar-refractivity contribution in [3.8, 4) is 5.88 Å². The monoisotopic (exact) mass is 320 g/mol. The largest absolute Gasteiger partial charge is 0.471 e. The normalized spacial score (nSPS) is 12.6. The van der Waals surface area contributed by atoms with Gasteiger partial charge in [0, 0.05) is 12.6 Å². The van der Waals surface area contributed by atoms with Gasteiger partial charge in [0.1, 0.15) is 5.82 Å². The van der Waals surface area contributed by atoms with Crippen LogP contribution in [0.3, 0.4) is 0 Å². The average Bonchev–Trinajstić information content (AvgIpc) is 2.35. The van der Waals surface area contributed by atoms with Crippen molar-refractivity contribution in [1.29, 1.82) is 0 Å². The molecule has 0 aromatic carbocycles. The third kappa shape index (κ3) is 4.94. The van der Waals surface area contributed by atoms with Crippen LogP contribution in [0.25, 0.3) is 0 Å². The average molecular weight is 320 g/mol. The number of aromatic nitrogens is 1. The lowest BCUT2D eigenvalue weighted by Crippen LogP contribution is -2.34. The molecule has 0 fully saturated rings. The van der Waals surface area contributed by atoms with E-state index in [4.69, 9.17) is 0 Å². The minimum Gasteiger partial charge on any atom is -0.471 e. The third-order valence-electron chi connectivity index (χ3n) is 2.22. The Kier molecular flexibility index (Phi) is 5.24. The molecule has 10 heteroatoms. The van der Waals surface area contributed by atoms with Gasteiger partial charge in [-0.25, -0.2) is 8.78 Å². The first-order valence-electron chi connectivity index (χ1n) is 5.68. The van der Waals surface area contributed by atoms with Gasteiger partial charge in [0.25, 0.3) is 0 Å². The van der Waals surface area contributed by atoms with Crippen molar-refractivity contribution in [3.63, 3.8) is 0 Å². The van der Waals surface area contributed by atoms with Crippen LogP contribution in [-0.4, -0.2) is 30.5 Å². The summed E-state index contributed by atoms with van der Waals surface area (Å²) in [5.41, 5.74) is -1.19. The molecule has 1 aromatic heterocycles. The quantitative estimate of drug-likeness (QED) is 0.809. The highest BCUT2D eigenvalue weighted by Crippen LogP contribution is 2.33. The predicted molar refractivity (Wildman–Crippen MR) is 59.8 cm³/mol. The maximum absolute atomic E-state index is 12.7. The van der Waals surface area contributed by atoms with Crippen LogP contribution in [0.5, 0.6) is 5.88 Å². The molecule has 1 N–H and O–H groups in total. The first-order valence-corrected chi connectivity index (χ1v) is 5.68. The van der Waals surface area contributed by atoms with Gasteiger partial charge in [-0.2, -0.15) is 26.9 Å². The van der Waals surface area contributed by atoms with Crippen LogP contribution >= 0.6 is 0 Å². The zero-order chi connectivity index (χ0) is 16.3. The molecule has 0 radical (unpaired) electrons. The van der Waals surface area contributed by atoms with Crippen molar-refractivity contribution in [2.24, 2.45) is 0 Å². The van der Waals surface area contributed by atoms with Gasteiger partial charge in [0.2, 0.25) is 5.88 Å². The SMILES string of the molecule is CCNc1cc(C(F)(F)F)cc(OCC(F)(F)C(F)F)n1. The summed E-state index contributed by atoms with van der Waals surface area (Å²) in [4.78, 5) is 3.49. The molecular weight excluding hydrogens is 309 g/mol. The molecular formula is C11H11F7N2O. The van der Waals surface area contributed by atoms with Crippen LogP contribution in [0.2, 0.25) is 0 Å². The molecule has 21 heavy (non-hydrogen) atoms. The Labute approximate surface area is 115 Å². The molecule has 1 heterocycles. The molecule has 1 rings (SSSR count). The number of rotatable bonds is 6. The molecule has 0 bridgehead atoms. The number of alkyl halides is 7. The summed E-state index contributed by atoms with van der Waals surface area (Å²) < 4.78 is 91.3. The van der Waals surface area contributed by atoms with Gasteiger partial charge in [-0.05, 0) is 13.0 Å². The van der Waals surface area contributed by atoms with Crippen molar-refractivity contribution in [3.05, 3.63) is 17.7 Å². The van der Waals surface area contributed by atoms with E-state index >= 15 is 0 Å². The van der Waals surface area contributed by atoms with Gasteiger partial charge in [0.05, 0.1) is 5.56 Å². The Morgan fingerprint density at radius 3 is 2.29 bits per heavy atom. The highest BCUT2D eigenvalue weighted by molar-refractivity contribution is 5.42. The first kappa shape index (κ1) is 17.3. The number of hydrogen-bond donors (Lipinski definition) is 1. The molecule has 0 aliphatic heterocycles. The van der Waals surface area contributed by atoms with E-state index in [1.54, 1.807) is 6.92 Å². The van der Waals surface area contributed by atoms with Crippen molar-refractivity contribution >= 4 is 5.82 Å². The summed E-state index contributed by atoms with van der Waals surface area (Å²) in [5, 5.41) is 2.45. The van der Waals surface area contributed by atoms with E-state index in [0.29, 0.717) is 12.1 Å². The topological polar surface area (TPSA) is 34.1 Å². The number of pyridine rings is 1. The van der Waals surface area contributed by atoms with Crippen molar-refractivity contribution in [2.75, 3.05) is 18.5 Å². The lowest BCUT2D eigenvalue weighted by molar-refractivity contribution is -0.149. The van der Waals surface area contributed by atoms with E-state index < -0.39 is 36.6 Å². The van der Waals surface area contributed by atoms with E-state index in [1.807, 2.05) is 0 Å². The molecule has 0 saturated heterocycles. The van der Waals surface area contributed by atoms with Gasteiger partial charge in [-0.15, -0.1) is 0 Å². The zero-order valence-corrected chi connectivity index (χ0v) is 10.6. The van der Waals surface area contributed by atoms with E-state index in [1.165, 1.54) is 0 Å². The van der Waals surface area contributed by atoms with E-state index in [9.17, 15) is 30.7 Å². The van der Waals surface area contributed by atoms with Crippen LogP contribution in [0.4, 0.5) is 36.6 Å². The van der Waals surface area contributed by atoms with Crippen molar-refractivity contribution in [1.82, 2.24) is 4.98 Å². The smallest absolute Gasteiger partial charge is 0.416 e. The Morgan fingerprint density at radius 1 is 1.19 bits per heavy atom. The summed E-state index contributed by atoms with van der Waals surface area (Å²) in [6.45, 7) is 0.0267. The molecule has 1 aromatic rings. The van der Waals surface area contributed by atoms with Crippen LogP contribution in [0.15, 0.2) is 12.1 Å². The van der Waals surface area contributed by atoms with Crippen LogP contribution in [0.1, 0.15) is 12.5 Å². The molecule has 0 saturated carbocycles. The van der Waals surface area contributed by atoms with Gasteiger partial charge < -0.3 is 10.1 Å². The molecule has 0 atom stereocenters. The lowest BCUT2D eigenvalue weighted by atomic mass is 10.2. The fraction of sp³-hybridized carbons (Fsp3) is 0.545. The second-order valence-electron chi connectivity index (χ2n) is 3.96. The maximum Gasteiger partial charge on any atom is 0.416 e. The number of anilines is 1. The third-order valence-corrected chi connectivity index (χ3v) is 2.22. The standard InChI is InChI=1S/C11H11F7N2O/c1-2-19-7-3-6(11(16,17)18)4-8(20-7)21-5-10(14,15)9(12)13/h3-4,9H,2,5H2,1H3,(H,19,20). The predicted octanol–water partition coefficient (Wildman–Crippen LogP) is 3.81. The summed E-state index contributed by atoms with van der Waals surface area (Å²) in [6, 6.07) is 1.02. The van der Waals surface area contributed by atoms with Crippen LogP contribution in [-0.2, 0) is 6.18 Å². The molecule has 0 aliphatic rings. The lowest BCUT2D eigenvalue weighted by Gasteiger charge is -2.17. The molecule has 0 spiro atoms. The number of halogens is 7. The van der Waals surface area contributed by atoms with Crippen LogP contribution < -0.4 is 10.1 Å². The Morgan fingerprint density at radius 2 is 1.81 bits per heavy atom. The molecule has 120 valence electrons. The summed E-state index contributed by atoms with van der Waals surface area (Å²) in [6.07, 6.45) is -8.74. The fourth-order valence-electron chi connectivity index (χ4n) is 1.25. The Balaban J connectivity index is 2.98. The zero-order valence-electron chi connectivity index (χ0n) is 10.6. The van der Waals surface area contributed by atoms with Crippen molar-refractivity contribution < 1.29 is 35.5 Å². The number of hydrogen-bond acceptors (Lipinski definition) is 3. The van der Waals surface area contributed by atoms with E-state index in [2.05, 4.69) is 15.0 Å². The molecule has 3 nitrogen and oxygen atoms in total. The second-order valence-corrected chi connectivity index (χ2v) is 3.96. The second kappa shape index (κ2) is 6.35. The van der Waals surface area contributed by atoms with Crippen molar-refractivity contribution in [2.45, 2.75) is 25.4 Å². The minimum atomic E-state index is -4.75. The molecule has 0 unspecified atom stereocenters. The number of ether oxygens (including phenoxy) is 1. The summed E-state index contributed by atoms with van der Waals surface area (Å²) in [5.74, 6) is -5.56. The molecule has 0 amide bonds. The van der Waals surface area contributed by atoms with Gasteiger partial charge in [-0.1, -0.05) is 0 Å². The van der Waals surface area contributed by atoms with E-state index in [0.717, 1.165) is 0 Å². The van der Waals surface area contributed by atoms with Crippen LogP contribution in [0, 0.1) is 0 Å². The minimum absolute atomic E-state index is 0.223. The Bertz CT molecular complexity index is 476. The highest BCUT2D eigenvalue weighted by Gasteiger charge is 2.42. The first-order chi connectivity index (χ1) is 9.56. The van der Waals surface area contributed by atoms with Gasteiger partial charge in [-0.3, -0.25) is 0 Å². The van der Waals surface area contributed by atoms with Gasteiger partial charge >= 0.3 is 18.5 Å². The molecule has 0 aliphatic carbocycles. The number of nitrogens with one attached hydrogen (secondary N) is 1. The Hall–Kier alpha value is -1.74. The number of nitrogens with zero attached hydrogens (tertiary/aromatic N) is 1. The van der Waals surface area contributed by atoms with E-state index in [-0.39, 0.29) is 12.4 Å². The highest BCUT2D eigenvalue weighted by atomic mass is 19.4. The fourth-order valence-corrected chi connectivity index (χ4v) is 1.25. The summed E-state index contributed by atoms with van der Waals surface area (Å²) >= 11 is 0. The van der Waals surface area contributed by atoms with Gasteiger partial charge in [0.15, 0.2) is 6.61 Å².